The summed E-state index contributed by atoms with van der Waals surface area (Å²) >= 11 is 5.56. The van der Waals surface area contributed by atoms with Crippen LogP contribution in [0.1, 0.15) is 11.1 Å². The molecule has 0 aromatic heterocycles. The van der Waals surface area contributed by atoms with Gasteiger partial charge in [0, 0.05) is 11.6 Å². The Bertz CT molecular complexity index is 326. The van der Waals surface area contributed by atoms with Gasteiger partial charge in [0.05, 0.1) is 5.56 Å². The first kappa shape index (κ1) is 14.6. The lowest BCUT2D eigenvalue weighted by Gasteiger charge is -2.09. The first-order valence-electron chi connectivity index (χ1n) is 3.95. The number of nitrogens with one attached hydrogen (secondary N) is 1. The highest BCUT2D eigenvalue weighted by Crippen LogP contribution is 2.31. The van der Waals surface area contributed by atoms with E-state index in [2.05, 4.69) is 5.32 Å². The lowest BCUT2D eigenvalue weighted by Crippen LogP contribution is -2.09. The molecule has 1 aromatic carbocycles. The Morgan fingerprint density at radius 1 is 1.27 bits per heavy atom. The molecule has 86 valence electrons. The first-order chi connectivity index (χ1) is 6.43. The predicted octanol–water partition coefficient (Wildman–Crippen LogP) is 3.50. The van der Waals surface area contributed by atoms with Crippen molar-refractivity contribution in [2.24, 2.45) is 0 Å². The molecule has 0 bridgehead atoms. The van der Waals surface area contributed by atoms with Crippen LogP contribution in [0.3, 0.4) is 0 Å². The Hall–Kier alpha value is -0.450. The van der Waals surface area contributed by atoms with Gasteiger partial charge in [0.2, 0.25) is 0 Å². The van der Waals surface area contributed by atoms with Crippen molar-refractivity contribution in [3.8, 4) is 0 Å². The summed E-state index contributed by atoms with van der Waals surface area (Å²) in [7, 11) is 1.66. The van der Waals surface area contributed by atoms with E-state index in [0.29, 0.717) is 12.1 Å². The highest BCUT2D eigenvalue weighted by Gasteiger charge is 2.30. The van der Waals surface area contributed by atoms with E-state index >= 15 is 0 Å². The van der Waals surface area contributed by atoms with Crippen molar-refractivity contribution in [3.05, 3.63) is 34.3 Å². The lowest BCUT2D eigenvalue weighted by molar-refractivity contribution is -0.137. The van der Waals surface area contributed by atoms with Gasteiger partial charge in [-0.2, -0.15) is 13.2 Å². The molecule has 1 N–H and O–H groups in total. The topological polar surface area (TPSA) is 12.0 Å². The number of rotatable bonds is 2. The zero-order chi connectivity index (χ0) is 10.8. The van der Waals surface area contributed by atoms with Crippen molar-refractivity contribution in [3.63, 3.8) is 0 Å². The molecule has 0 aliphatic carbocycles. The molecule has 0 aliphatic rings. The van der Waals surface area contributed by atoms with E-state index in [-0.39, 0.29) is 17.4 Å². The molecule has 1 rings (SSSR count). The summed E-state index contributed by atoms with van der Waals surface area (Å²) in [6, 6.07) is 3.51. The van der Waals surface area contributed by atoms with Gasteiger partial charge in [0.1, 0.15) is 0 Å². The van der Waals surface area contributed by atoms with Gasteiger partial charge in [-0.3, -0.25) is 0 Å². The largest absolute Gasteiger partial charge is 0.416 e. The Balaban J connectivity index is 0.00000196. The van der Waals surface area contributed by atoms with E-state index in [1.54, 1.807) is 7.05 Å². The molecule has 0 spiro atoms. The lowest BCUT2D eigenvalue weighted by atomic mass is 10.1. The fraction of sp³-hybridized carbons (Fsp3) is 0.333. The minimum absolute atomic E-state index is 0. The summed E-state index contributed by atoms with van der Waals surface area (Å²) in [5.74, 6) is 0. The summed E-state index contributed by atoms with van der Waals surface area (Å²) in [4.78, 5) is 0. The van der Waals surface area contributed by atoms with Crippen LogP contribution in [0.5, 0.6) is 0 Å². The smallest absolute Gasteiger partial charge is 0.316 e. The third-order valence-electron chi connectivity index (χ3n) is 1.67. The van der Waals surface area contributed by atoms with Crippen LogP contribution < -0.4 is 5.32 Å². The van der Waals surface area contributed by atoms with E-state index < -0.39 is 11.7 Å². The van der Waals surface area contributed by atoms with Crippen LogP contribution in [0.4, 0.5) is 13.2 Å². The molecule has 0 fully saturated rings. The van der Waals surface area contributed by atoms with Crippen molar-refractivity contribution in [2.45, 2.75) is 12.7 Å². The Morgan fingerprint density at radius 2 is 1.87 bits per heavy atom. The number of halogens is 5. The average molecular weight is 260 g/mol. The highest BCUT2D eigenvalue weighted by molar-refractivity contribution is 6.30. The molecule has 0 saturated carbocycles. The normalized spacial score (nSPS) is 11.0. The second-order valence-corrected chi connectivity index (χ2v) is 3.31. The standard InChI is InChI=1S/C9H9ClF3N.ClH/c1-14-5-6-2-7(9(11,12)13)4-8(10)3-6;/h2-4,14H,5H2,1H3;1H. The number of hydrogen-bond donors (Lipinski definition) is 1. The summed E-state index contributed by atoms with van der Waals surface area (Å²) in [5, 5.41) is 2.87. The molecule has 0 heterocycles. The van der Waals surface area contributed by atoms with E-state index in [0.717, 1.165) is 12.1 Å². The summed E-state index contributed by atoms with van der Waals surface area (Å²) in [5.41, 5.74) is -0.192. The number of benzene rings is 1. The first-order valence-corrected chi connectivity index (χ1v) is 4.32. The van der Waals surface area contributed by atoms with E-state index in [1.807, 2.05) is 0 Å². The molecule has 0 aliphatic heterocycles. The van der Waals surface area contributed by atoms with Crippen molar-refractivity contribution in [2.75, 3.05) is 7.05 Å². The van der Waals surface area contributed by atoms with Crippen LogP contribution in [0.25, 0.3) is 0 Å². The van der Waals surface area contributed by atoms with E-state index in [1.165, 1.54) is 6.07 Å². The second kappa shape index (κ2) is 5.58. The fourth-order valence-corrected chi connectivity index (χ4v) is 1.38. The summed E-state index contributed by atoms with van der Waals surface area (Å²) in [6.45, 7) is 0.365. The molecular formula is C9H10Cl2F3N. The van der Waals surface area contributed by atoms with Crippen LogP contribution in [-0.4, -0.2) is 7.05 Å². The van der Waals surface area contributed by atoms with Gasteiger partial charge in [-0.05, 0) is 30.8 Å². The number of hydrogen-bond acceptors (Lipinski definition) is 1. The van der Waals surface area contributed by atoms with Crippen LogP contribution in [0, 0.1) is 0 Å². The van der Waals surface area contributed by atoms with Crippen molar-refractivity contribution in [1.82, 2.24) is 5.32 Å². The highest BCUT2D eigenvalue weighted by atomic mass is 35.5. The Kier molecular flexibility index (Phi) is 5.42. The molecule has 1 aromatic rings. The molecule has 0 atom stereocenters. The van der Waals surface area contributed by atoms with Gasteiger partial charge in [0.15, 0.2) is 0 Å². The van der Waals surface area contributed by atoms with Gasteiger partial charge in [-0.15, -0.1) is 12.4 Å². The Morgan fingerprint density at radius 3 is 2.33 bits per heavy atom. The van der Waals surface area contributed by atoms with Crippen molar-refractivity contribution in [1.29, 1.82) is 0 Å². The van der Waals surface area contributed by atoms with Gasteiger partial charge >= 0.3 is 6.18 Å². The fourth-order valence-electron chi connectivity index (χ4n) is 1.12. The van der Waals surface area contributed by atoms with Crippen LogP contribution in [0.2, 0.25) is 5.02 Å². The second-order valence-electron chi connectivity index (χ2n) is 2.88. The van der Waals surface area contributed by atoms with Crippen LogP contribution >= 0.6 is 24.0 Å². The zero-order valence-corrected chi connectivity index (χ0v) is 9.43. The van der Waals surface area contributed by atoms with Crippen molar-refractivity contribution < 1.29 is 13.2 Å². The SMILES string of the molecule is CNCc1cc(Cl)cc(C(F)(F)F)c1.Cl. The predicted molar refractivity (Wildman–Crippen MR) is 56.5 cm³/mol. The van der Waals surface area contributed by atoms with Crippen molar-refractivity contribution >= 4 is 24.0 Å². The third kappa shape index (κ3) is 4.28. The molecular weight excluding hydrogens is 250 g/mol. The molecule has 1 nitrogen and oxygen atoms in total. The molecule has 0 radical (unpaired) electrons. The van der Waals surface area contributed by atoms with Gasteiger partial charge < -0.3 is 5.32 Å². The maximum atomic E-state index is 12.3. The third-order valence-corrected chi connectivity index (χ3v) is 1.88. The minimum Gasteiger partial charge on any atom is -0.316 e. The number of alkyl halides is 3. The van der Waals surface area contributed by atoms with E-state index in [9.17, 15) is 13.2 Å². The molecule has 6 heteroatoms. The van der Waals surface area contributed by atoms with Gasteiger partial charge in [0.25, 0.3) is 0 Å². The van der Waals surface area contributed by atoms with Crippen LogP contribution in [-0.2, 0) is 12.7 Å². The molecule has 0 amide bonds. The summed E-state index contributed by atoms with van der Waals surface area (Å²) < 4.78 is 36.9. The molecule has 0 saturated heterocycles. The monoisotopic (exact) mass is 259 g/mol. The Labute approximate surface area is 97.0 Å². The summed E-state index contributed by atoms with van der Waals surface area (Å²) in [6.07, 6.45) is -4.34. The molecule has 0 unspecified atom stereocenters. The van der Waals surface area contributed by atoms with Gasteiger partial charge in [-0.1, -0.05) is 11.6 Å². The maximum absolute atomic E-state index is 12.3. The van der Waals surface area contributed by atoms with Crippen LogP contribution in [0.15, 0.2) is 18.2 Å². The average Bonchev–Trinajstić information content (AvgIpc) is 2.02. The zero-order valence-electron chi connectivity index (χ0n) is 7.86. The minimum atomic E-state index is -4.34. The van der Waals surface area contributed by atoms with Gasteiger partial charge in [-0.25, -0.2) is 0 Å². The maximum Gasteiger partial charge on any atom is 0.416 e. The quantitative estimate of drug-likeness (QED) is 0.858. The molecule has 15 heavy (non-hydrogen) atoms. The van der Waals surface area contributed by atoms with E-state index in [4.69, 9.17) is 11.6 Å².